The van der Waals surface area contributed by atoms with Crippen molar-refractivity contribution < 1.29 is 9.90 Å². The second-order valence-electron chi connectivity index (χ2n) is 6.42. The maximum atomic E-state index is 12.5. The van der Waals surface area contributed by atoms with Gasteiger partial charge in [-0.3, -0.25) is 4.79 Å². The third-order valence-electron chi connectivity index (χ3n) is 4.72. The highest BCUT2D eigenvalue weighted by Gasteiger charge is 2.28. The molecule has 1 aromatic rings. The fourth-order valence-electron chi connectivity index (χ4n) is 2.72. The molecule has 1 aliphatic heterocycles. The molecule has 5 nitrogen and oxygen atoms in total. The third-order valence-corrected chi connectivity index (χ3v) is 4.72. The van der Waals surface area contributed by atoms with E-state index in [2.05, 4.69) is 15.2 Å². The van der Waals surface area contributed by atoms with Crippen molar-refractivity contribution >= 4 is 11.7 Å². The van der Waals surface area contributed by atoms with Crippen LogP contribution < -0.4 is 10.2 Å². The summed E-state index contributed by atoms with van der Waals surface area (Å²) in [6, 6.07) is 3.58. The molecule has 0 radical (unpaired) electrons. The van der Waals surface area contributed by atoms with Gasteiger partial charge in [-0.05, 0) is 37.8 Å². The molecule has 0 aromatic carbocycles. The molecule has 5 heteroatoms. The molecule has 0 spiro atoms. The number of amides is 1. The number of nitrogens with one attached hydrogen (secondary N) is 1. The Labute approximate surface area is 132 Å². The van der Waals surface area contributed by atoms with Crippen LogP contribution in [0.5, 0.6) is 0 Å². The average Bonchev–Trinajstić information content (AvgIpc) is 3.06. The molecule has 2 unspecified atom stereocenters. The summed E-state index contributed by atoms with van der Waals surface area (Å²) in [5, 5.41) is 13.3. The summed E-state index contributed by atoms with van der Waals surface area (Å²) in [5.74, 6) is 0.707. The Morgan fingerprint density at radius 2 is 2.18 bits per heavy atom. The highest BCUT2D eigenvalue weighted by atomic mass is 16.3. The normalized spacial score (nSPS) is 18.8. The van der Waals surface area contributed by atoms with Crippen LogP contribution in [0.3, 0.4) is 0 Å². The number of carbonyl (C=O) groups is 1. The van der Waals surface area contributed by atoms with Crippen molar-refractivity contribution in [3.63, 3.8) is 0 Å². The van der Waals surface area contributed by atoms with E-state index in [4.69, 9.17) is 0 Å². The minimum absolute atomic E-state index is 0.125. The maximum absolute atomic E-state index is 12.5. The van der Waals surface area contributed by atoms with Crippen LogP contribution in [-0.2, 0) is 0 Å². The van der Waals surface area contributed by atoms with Gasteiger partial charge in [-0.2, -0.15) is 0 Å². The number of pyridine rings is 1. The van der Waals surface area contributed by atoms with Gasteiger partial charge in [0.25, 0.3) is 5.91 Å². The Hall–Kier alpha value is -1.62. The van der Waals surface area contributed by atoms with E-state index in [1.54, 1.807) is 25.3 Å². The Morgan fingerprint density at radius 3 is 2.82 bits per heavy atom. The standard InChI is InChI=1S/C17H27N3O2/c1-4-13(2)17(3,22)12-19-16(21)14-8-7-9-18-15(14)20-10-5-6-11-20/h7-9,13,22H,4-6,10-12H2,1-3H3,(H,19,21). The number of aliphatic hydroxyl groups is 1. The molecule has 2 heterocycles. The van der Waals surface area contributed by atoms with Gasteiger partial charge < -0.3 is 15.3 Å². The molecule has 1 aliphatic rings. The zero-order chi connectivity index (χ0) is 16.2. The van der Waals surface area contributed by atoms with Crippen LogP contribution >= 0.6 is 0 Å². The van der Waals surface area contributed by atoms with Crippen LogP contribution in [0.1, 0.15) is 50.4 Å². The average molecular weight is 305 g/mol. The molecule has 0 bridgehead atoms. The Kier molecular flexibility index (Phi) is 5.40. The van der Waals surface area contributed by atoms with Crippen LogP contribution in [-0.4, -0.2) is 41.2 Å². The van der Waals surface area contributed by atoms with E-state index in [1.165, 1.54) is 0 Å². The summed E-state index contributed by atoms with van der Waals surface area (Å²) >= 11 is 0. The van der Waals surface area contributed by atoms with Crippen molar-refractivity contribution in [1.82, 2.24) is 10.3 Å². The van der Waals surface area contributed by atoms with Crippen LogP contribution in [0.4, 0.5) is 5.82 Å². The lowest BCUT2D eigenvalue weighted by Gasteiger charge is -2.30. The van der Waals surface area contributed by atoms with Crippen molar-refractivity contribution in [2.45, 2.75) is 45.6 Å². The number of hydrogen-bond donors (Lipinski definition) is 2. The van der Waals surface area contributed by atoms with E-state index in [-0.39, 0.29) is 18.4 Å². The molecule has 1 amide bonds. The monoisotopic (exact) mass is 305 g/mol. The van der Waals surface area contributed by atoms with E-state index in [0.717, 1.165) is 38.2 Å². The Balaban J connectivity index is 2.07. The SMILES string of the molecule is CCC(C)C(C)(O)CNC(=O)c1cccnc1N1CCCC1. The van der Waals surface area contributed by atoms with Crippen molar-refractivity contribution in [3.05, 3.63) is 23.9 Å². The van der Waals surface area contributed by atoms with E-state index >= 15 is 0 Å². The highest BCUT2D eigenvalue weighted by Crippen LogP contribution is 2.23. The summed E-state index contributed by atoms with van der Waals surface area (Å²) in [6.45, 7) is 7.93. The maximum Gasteiger partial charge on any atom is 0.255 e. The first-order valence-corrected chi connectivity index (χ1v) is 8.16. The second kappa shape index (κ2) is 7.09. The first kappa shape index (κ1) is 16.7. The van der Waals surface area contributed by atoms with E-state index < -0.39 is 5.60 Å². The van der Waals surface area contributed by atoms with Gasteiger partial charge in [0, 0.05) is 25.8 Å². The quantitative estimate of drug-likeness (QED) is 0.846. The van der Waals surface area contributed by atoms with Crippen LogP contribution in [0.15, 0.2) is 18.3 Å². The summed E-state index contributed by atoms with van der Waals surface area (Å²) in [5.41, 5.74) is -0.315. The van der Waals surface area contributed by atoms with Crippen LogP contribution in [0.2, 0.25) is 0 Å². The summed E-state index contributed by atoms with van der Waals surface area (Å²) in [4.78, 5) is 19.0. The largest absolute Gasteiger partial charge is 0.388 e. The Morgan fingerprint density at radius 1 is 1.50 bits per heavy atom. The second-order valence-corrected chi connectivity index (χ2v) is 6.42. The minimum atomic E-state index is -0.902. The van der Waals surface area contributed by atoms with Crippen molar-refractivity contribution in [2.75, 3.05) is 24.5 Å². The van der Waals surface area contributed by atoms with Crippen LogP contribution in [0.25, 0.3) is 0 Å². The Bertz CT molecular complexity index is 510. The molecule has 0 aliphatic carbocycles. The lowest BCUT2D eigenvalue weighted by atomic mass is 9.88. The molecular weight excluding hydrogens is 278 g/mol. The molecule has 1 fully saturated rings. The number of aromatic nitrogens is 1. The predicted octanol–water partition coefficient (Wildman–Crippen LogP) is 2.21. The number of anilines is 1. The molecular formula is C17H27N3O2. The molecule has 1 aromatic heterocycles. The molecule has 2 atom stereocenters. The first-order chi connectivity index (χ1) is 10.5. The lowest BCUT2D eigenvalue weighted by Crippen LogP contribution is -2.45. The van der Waals surface area contributed by atoms with Gasteiger partial charge in [0.15, 0.2) is 0 Å². The van der Waals surface area contributed by atoms with Gasteiger partial charge in [0.1, 0.15) is 5.82 Å². The topological polar surface area (TPSA) is 65.5 Å². The van der Waals surface area contributed by atoms with Gasteiger partial charge in [-0.15, -0.1) is 0 Å². The van der Waals surface area contributed by atoms with Gasteiger partial charge in [0.2, 0.25) is 0 Å². The van der Waals surface area contributed by atoms with Gasteiger partial charge in [-0.25, -0.2) is 4.98 Å². The first-order valence-electron chi connectivity index (χ1n) is 8.16. The number of nitrogens with zero attached hydrogens (tertiary/aromatic N) is 2. The summed E-state index contributed by atoms with van der Waals surface area (Å²) in [7, 11) is 0. The molecule has 0 saturated carbocycles. The molecule has 2 rings (SSSR count). The van der Waals surface area contributed by atoms with Crippen molar-refractivity contribution in [2.24, 2.45) is 5.92 Å². The van der Waals surface area contributed by atoms with Gasteiger partial charge in [-0.1, -0.05) is 20.3 Å². The van der Waals surface area contributed by atoms with Crippen LogP contribution in [0, 0.1) is 5.92 Å². The highest BCUT2D eigenvalue weighted by molar-refractivity contribution is 5.98. The number of carbonyl (C=O) groups excluding carboxylic acids is 1. The smallest absolute Gasteiger partial charge is 0.255 e. The van der Waals surface area contributed by atoms with E-state index in [1.807, 2.05) is 13.8 Å². The predicted molar refractivity (Wildman–Crippen MR) is 88.1 cm³/mol. The summed E-state index contributed by atoms with van der Waals surface area (Å²) in [6.07, 6.45) is 4.87. The molecule has 22 heavy (non-hydrogen) atoms. The van der Waals surface area contributed by atoms with E-state index in [0.29, 0.717) is 5.56 Å². The summed E-state index contributed by atoms with van der Waals surface area (Å²) < 4.78 is 0. The fourth-order valence-corrected chi connectivity index (χ4v) is 2.72. The third kappa shape index (κ3) is 3.77. The zero-order valence-electron chi connectivity index (χ0n) is 13.8. The lowest BCUT2D eigenvalue weighted by molar-refractivity contribution is 0.00593. The number of rotatable bonds is 6. The minimum Gasteiger partial charge on any atom is -0.388 e. The van der Waals surface area contributed by atoms with Crippen molar-refractivity contribution in [1.29, 1.82) is 0 Å². The van der Waals surface area contributed by atoms with E-state index in [9.17, 15) is 9.90 Å². The molecule has 1 saturated heterocycles. The van der Waals surface area contributed by atoms with Crippen molar-refractivity contribution in [3.8, 4) is 0 Å². The van der Waals surface area contributed by atoms with Gasteiger partial charge >= 0.3 is 0 Å². The fraction of sp³-hybridized carbons (Fsp3) is 0.647. The molecule has 122 valence electrons. The zero-order valence-corrected chi connectivity index (χ0v) is 13.8. The number of hydrogen-bond acceptors (Lipinski definition) is 4. The molecule has 2 N–H and O–H groups in total. The van der Waals surface area contributed by atoms with Gasteiger partial charge in [0.05, 0.1) is 11.2 Å².